The van der Waals surface area contributed by atoms with Crippen LogP contribution in [0.5, 0.6) is 0 Å². The van der Waals surface area contributed by atoms with Crippen molar-refractivity contribution in [2.45, 2.75) is 230 Å². The molecule has 0 aliphatic carbocycles. The summed E-state index contributed by atoms with van der Waals surface area (Å²) in [5.41, 5.74) is 1.32. The molecule has 0 radical (unpaired) electrons. The molecule has 0 aromatic heterocycles. The molecular formula is C46H104. The van der Waals surface area contributed by atoms with Crippen molar-refractivity contribution in [2.24, 2.45) is 0 Å². The molecule has 0 saturated heterocycles. The highest BCUT2D eigenvalue weighted by Gasteiger charge is 1.69. The predicted molar refractivity (Wildman–Crippen MR) is 237 cm³/mol. The van der Waals surface area contributed by atoms with Gasteiger partial charge in [-0.1, -0.05) is 242 Å². The van der Waals surface area contributed by atoms with Crippen LogP contribution in [0.15, 0.2) is 72.9 Å². The minimum absolute atomic E-state index is 1.15. The summed E-state index contributed by atoms with van der Waals surface area (Å²) in [6, 6.07) is 0. The van der Waals surface area contributed by atoms with E-state index in [1.54, 1.807) is 0 Å². The third-order valence-electron chi connectivity index (χ3n) is 2.21. The molecule has 0 atom stereocenters. The van der Waals surface area contributed by atoms with Crippen molar-refractivity contribution in [3.05, 3.63) is 72.9 Å². The summed E-state index contributed by atoms with van der Waals surface area (Å²) in [4.78, 5) is 0. The van der Waals surface area contributed by atoms with Crippen molar-refractivity contribution in [1.82, 2.24) is 0 Å². The van der Waals surface area contributed by atoms with E-state index in [-0.39, 0.29) is 0 Å². The van der Waals surface area contributed by atoms with Crippen molar-refractivity contribution in [2.75, 3.05) is 0 Å². The Kier molecular flexibility index (Phi) is 295. The van der Waals surface area contributed by atoms with Crippen LogP contribution in [0.3, 0.4) is 0 Å². The average molecular weight is 657 g/mol. The largest absolute Gasteiger partial charge is 0.103 e. The SMILES string of the molecule is C/C=C/C.C/C=C/C(C)=C/C.C/C=C/C=C/C.C=CCCC.CCC.CCC.CCC.CCC.CCC.CCC.CCC.CCC. The normalized spacial score (nSPS) is 8.30. The maximum absolute atomic E-state index is 3.55. The van der Waals surface area contributed by atoms with Gasteiger partial charge in [0.1, 0.15) is 0 Å². The summed E-state index contributed by atoms with van der Waals surface area (Å²) in [5.74, 6) is 0. The van der Waals surface area contributed by atoms with Gasteiger partial charge in [0, 0.05) is 0 Å². The lowest BCUT2D eigenvalue weighted by atomic mass is 10.3. The Morgan fingerprint density at radius 3 is 0.652 bits per heavy atom. The summed E-state index contributed by atoms with van der Waals surface area (Å²) in [7, 11) is 0. The van der Waals surface area contributed by atoms with E-state index >= 15 is 0 Å². The second kappa shape index (κ2) is 170. The van der Waals surface area contributed by atoms with Gasteiger partial charge in [-0.3, -0.25) is 0 Å². The Balaban J connectivity index is -0.0000000279. The van der Waals surface area contributed by atoms with E-state index in [1.165, 1.54) is 63.4 Å². The topological polar surface area (TPSA) is 0 Å². The first-order chi connectivity index (χ1) is 21.9. The van der Waals surface area contributed by atoms with E-state index in [0.29, 0.717) is 0 Å². The minimum Gasteiger partial charge on any atom is -0.103 e. The molecule has 0 fully saturated rings. The molecule has 0 spiro atoms. The monoisotopic (exact) mass is 657 g/mol. The molecule has 0 aliphatic heterocycles. The van der Waals surface area contributed by atoms with Gasteiger partial charge in [0.15, 0.2) is 0 Å². The van der Waals surface area contributed by atoms with Crippen LogP contribution in [0.25, 0.3) is 0 Å². The zero-order valence-corrected chi connectivity index (χ0v) is 38.1. The van der Waals surface area contributed by atoms with Crippen LogP contribution in [0.1, 0.15) is 230 Å². The molecule has 0 N–H and O–H groups in total. The Morgan fingerprint density at radius 2 is 0.609 bits per heavy atom. The highest BCUT2D eigenvalue weighted by molar-refractivity contribution is 5.13. The Labute approximate surface area is 302 Å². The highest BCUT2D eigenvalue weighted by Crippen LogP contribution is 1.91. The first kappa shape index (κ1) is 79.7. The summed E-state index contributed by atoms with van der Waals surface area (Å²) < 4.78 is 0. The summed E-state index contributed by atoms with van der Waals surface area (Å²) in [5, 5.41) is 0. The quantitative estimate of drug-likeness (QED) is 0.209. The Hall–Kier alpha value is -1.56. The van der Waals surface area contributed by atoms with Crippen molar-refractivity contribution in [3.8, 4) is 0 Å². The first-order valence-electron chi connectivity index (χ1n) is 19.5. The molecule has 0 rings (SSSR count). The summed E-state index contributed by atoms with van der Waals surface area (Å²) in [6.07, 6.45) is 32.5. The number of hydrogen-bond donors (Lipinski definition) is 0. The van der Waals surface area contributed by atoms with Crippen LogP contribution in [-0.2, 0) is 0 Å². The van der Waals surface area contributed by atoms with Crippen molar-refractivity contribution >= 4 is 0 Å². The van der Waals surface area contributed by atoms with Crippen LogP contribution >= 0.6 is 0 Å². The average Bonchev–Trinajstić information content (AvgIpc) is 3.01. The maximum atomic E-state index is 3.55. The molecular weight excluding hydrogens is 553 g/mol. The maximum Gasteiger partial charge on any atom is -0.0356 e. The van der Waals surface area contributed by atoms with Gasteiger partial charge < -0.3 is 0 Å². The lowest BCUT2D eigenvalue weighted by Gasteiger charge is -1.81. The van der Waals surface area contributed by atoms with Gasteiger partial charge in [-0.2, -0.15) is 0 Å². The molecule has 0 aromatic rings. The number of rotatable bonds is 4. The van der Waals surface area contributed by atoms with Gasteiger partial charge >= 0.3 is 0 Å². The van der Waals surface area contributed by atoms with Gasteiger partial charge in [0.2, 0.25) is 0 Å². The van der Waals surface area contributed by atoms with Crippen molar-refractivity contribution in [1.29, 1.82) is 0 Å². The smallest absolute Gasteiger partial charge is 0.0356 e. The van der Waals surface area contributed by atoms with E-state index < -0.39 is 0 Å². The fourth-order valence-corrected chi connectivity index (χ4v) is 0.785. The molecule has 0 nitrogen and oxygen atoms in total. The third-order valence-corrected chi connectivity index (χ3v) is 2.21. The van der Waals surface area contributed by atoms with Gasteiger partial charge in [-0.25, -0.2) is 0 Å². The van der Waals surface area contributed by atoms with Crippen LogP contribution in [-0.4, -0.2) is 0 Å². The van der Waals surface area contributed by atoms with Crippen LogP contribution in [0, 0.1) is 0 Å². The molecule has 0 bridgehead atoms. The molecule has 0 saturated carbocycles. The lowest BCUT2D eigenvalue weighted by molar-refractivity contribution is 0.961. The number of hydrogen-bond acceptors (Lipinski definition) is 0. The van der Waals surface area contributed by atoms with E-state index in [9.17, 15) is 0 Å². The predicted octanol–water partition coefficient (Wildman–Crippen LogP) is 19.6. The molecule has 288 valence electrons. The van der Waals surface area contributed by atoms with Crippen LogP contribution in [0.4, 0.5) is 0 Å². The lowest BCUT2D eigenvalue weighted by Crippen LogP contribution is -1.60. The number of allylic oxidation sites excluding steroid dienone is 11. The standard InChI is InChI=1S/C7H12.C6H10.C5H10.C4H8.8C3H8/c1-4-6-7(3)5-2;1-3-5-6-4-2;1-3-5-4-2;1-3-4-2;8*1-3-2/h4-6H,1-3H3;3-6H,1-2H3;3H,1,4-5H2,2H3;3-4H,1-2H3;8*3H2,1-2H3/b6-4+,7-5+;5-3+,6-4+;;4-3+;;;;;;;;. The fraction of sp³-hybridized carbons (Fsp3) is 0.739. The molecule has 0 heterocycles. The van der Waals surface area contributed by atoms with E-state index in [1.807, 2.05) is 90.2 Å². The summed E-state index contributed by atoms with van der Waals surface area (Å²) in [6.45, 7) is 53.8. The van der Waals surface area contributed by atoms with Crippen LogP contribution < -0.4 is 0 Å². The van der Waals surface area contributed by atoms with E-state index in [4.69, 9.17) is 0 Å². The van der Waals surface area contributed by atoms with Gasteiger partial charge in [0.25, 0.3) is 0 Å². The minimum atomic E-state index is 1.15. The van der Waals surface area contributed by atoms with Crippen molar-refractivity contribution < 1.29 is 0 Å². The van der Waals surface area contributed by atoms with Gasteiger partial charge in [0.05, 0.1) is 0 Å². The third kappa shape index (κ3) is 818. The molecule has 0 unspecified atom stereocenters. The molecule has 0 heteroatoms. The molecule has 0 aromatic carbocycles. The van der Waals surface area contributed by atoms with Gasteiger partial charge in [-0.15, -0.1) is 6.58 Å². The molecule has 0 amide bonds. The van der Waals surface area contributed by atoms with E-state index in [2.05, 4.69) is 143 Å². The Morgan fingerprint density at radius 1 is 0.391 bits per heavy atom. The zero-order chi connectivity index (χ0) is 39.7. The molecule has 46 heavy (non-hydrogen) atoms. The molecule has 0 aliphatic rings. The first-order valence-corrected chi connectivity index (χ1v) is 19.5. The second-order valence-electron chi connectivity index (χ2n) is 9.99. The van der Waals surface area contributed by atoms with Crippen LogP contribution in [0.2, 0.25) is 0 Å². The zero-order valence-electron chi connectivity index (χ0n) is 38.1. The number of unbranched alkanes of at least 4 members (excludes halogenated alkanes) is 1. The van der Waals surface area contributed by atoms with Gasteiger partial charge in [-0.05, 0) is 54.9 Å². The van der Waals surface area contributed by atoms with E-state index in [0.717, 1.165) is 6.42 Å². The summed E-state index contributed by atoms with van der Waals surface area (Å²) >= 11 is 0. The highest BCUT2D eigenvalue weighted by atomic mass is 13.8. The van der Waals surface area contributed by atoms with Crippen molar-refractivity contribution in [3.63, 3.8) is 0 Å². The Bertz CT molecular complexity index is 377. The second-order valence-corrected chi connectivity index (χ2v) is 9.99. The fourth-order valence-electron chi connectivity index (χ4n) is 0.785.